The highest BCUT2D eigenvalue weighted by atomic mass is 32.2. The van der Waals surface area contributed by atoms with Crippen molar-refractivity contribution in [3.8, 4) is 0 Å². The van der Waals surface area contributed by atoms with E-state index in [0.29, 0.717) is 0 Å². The summed E-state index contributed by atoms with van der Waals surface area (Å²) in [6.07, 6.45) is 0. The van der Waals surface area contributed by atoms with Crippen LogP contribution in [0.2, 0.25) is 0 Å². The topological polar surface area (TPSA) is 87.5 Å². The molecule has 0 fully saturated rings. The van der Waals surface area contributed by atoms with Crippen molar-refractivity contribution in [2.24, 2.45) is 0 Å². The molecule has 0 amide bonds. The summed E-state index contributed by atoms with van der Waals surface area (Å²) in [6.45, 7) is 8.00. The molecule has 7 heteroatoms. The van der Waals surface area contributed by atoms with E-state index in [0.717, 1.165) is 31.9 Å². The number of anilines is 2. The fraction of sp³-hybridized carbons (Fsp3) is 0.538. The average molecular weight is 300 g/mol. The Morgan fingerprint density at radius 3 is 2.40 bits per heavy atom. The maximum atomic E-state index is 11.7. The number of nitrogens with two attached hydrogens (primary N) is 1. The van der Waals surface area contributed by atoms with Crippen LogP contribution in [-0.2, 0) is 10.0 Å². The Balaban J connectivity index is 2.69. The van der Waals surface area contributed by atoms with Gasteiger partial charge >= 0.3 is 0 Å². The minimum Gasteiger partial charge on any atom is -0.398 e. The number of rotatable bonds is 8. The zero-order chi connectivity index (χ0) is 15.2. The molecule has 0 aromatic heterocycles. The van der Waals surface area contributed by atoms with Crippen molar-refractivity contribution >= 4 is 21.4 Å². The molecule has 0 bridgehead atoms. The maximum absolute atomic E-state index is 11.7. The van der Waals surface area contributed by atoms with E-state index in [1.165, 1.54) is 13.1 Å². The normalized spacial score (nSPS) is 11.8. The SMILES string of the molecule is CCN(CC)CCNc1ccc(S(=O)(=O)NC)c(N)c1. The van der Waals surface area contributed by atoms with Gasteiger partial charge in [0.05, 0.1) is 5.69 Å². The molecule has 0 heterocycles. The zero-order valence-corrected chi connectivity index (χ0v) is 13.1. The molecule has 0 unspecified atom stereocenters. The number of hydrogen-bond acceptors (Lipinski definition) is 5. The Bertz CT molecular complexity index is 527. The lowest BCUT2D eigenvalue weighted by Crippen LogP contribution is -2.28. The Labute approximate surface area is 121 Å². The molecule has 0 aliphatic rings. The van der Waals surface area contributed by atoms with Crippen molar-refractivity contribution in [2.45, 2.75) is 18.7 Å². The molecule has 20 heavy (non-hydrogen) atoms. The van der Waals surface area contributed by atoms with Crippen molar-refractivity contribution in [3.05, 3.63) is 18.2 Å². The molecule has 0 aliphatic heterocycles. The summed E-state index contributed by atoms with van der Waals surface area (Å²) in [7, 11) is -2.13. The van der Waals surface area contributed by atoms with E-state index in [4.69, 9.17) is 5.73 Å². The Morgan fingerprint density at radius 1 is 1.25 bits per heavy atom. The van der Waals surface area contributed by atoms with Crippen LogP contribution in [0.25, 0.3) is 0 Å². The van der Waals surface area contributed by atoms with E-state index in [-0.39, 0.29) is 10.6 Å². The first-order valence-electron chi connectivity index (χ1n) is 6.73. The molecule has 4 N–H and O–H groups in total. The first-order chi connectivity index (χ1) is 9.44. The lowest BCUT2D eigenvalue weighted by molar-refractivity contribution is 0.316. The highest BCUT2D eigenvalue weighted by Gasteiger charge is 2.15. The number of nitrogens with one attached hydrogen (secondary N) is 2. The molecule has 0 spiro atoms. The molecule has 0 radical (unpaired) electrons. The quantitative estimate of drug-likeness (QED) is 0.622. The molecule has 0 atom stereocenters. The van der Waals surface area contributed by atoms with Crippen LogP contribution in [0.15, 0.2) is 23.1 Å². The summed E-state index contributed by atoms with van der Waals surface area (Å²) in [6, 6.07) is 4.89. The molecule has 0 saturated heterocycles. The van der Waals surface area contributed by atoms with Crippen LogP contribution in [0.4, 0.5) is 11.4 Å². The van der Waals surface area contributed by atoms with Crippen LogP contribution < -0.4 is 15.8 Å². The second-order valence-corrected chi connectivity index (χ2v) is 6.27. The molecule has 1 aromatic rings. The van der Waals surface area contributed by atoms with E-state index in [1.54, 1.807) is 12.1 Å². The first-order valence-corrected chi connectivity index (χ1v) is 8.22. The number of benzene rings is 1. The third-order valence-electron chi connectivity index (χ3n) is 3.22. The van der Waals surface area contributed by atoms with Gasteiger partial charge in [-0.15, -0.1) is 0 Å². The molecule has 0 aliphatic carbocycles. The van der Waals surface area contributed by atoms with Crippen molar-refractivity contribution in [2.75, 3.05) is 44.3 Å². The van der Waals surface area contributed by atoms with Crippen LogP contribution in [0.3, 0.4) is 0 Å². The Morgan fingerprint density at radius 2 is 1.90 bits per heavy atom. The number of likely N-dealkylation sites (N-methyl/N-ethyl adjacent to an activating group) is 1. The summed E-state index contributed by atoms with van der Waals surface area (Å²) in [5, 5.41) is 3.24. The molecule has 114 valence electrons. The predicted molar refractivity (Wildman–Crippen MR) is 83.4 cm³/mol. The molecule has 0 saturated carbocycles. The van der Waals surface area contributed by atoms with E-state index in [9.17, 15) is 8.42 Å². The monoisotopic (exact) mass is 300 g/mol. The third-order valence-corrected chi connectivity index (χ3v) is 4.71. The molecule has 6 nitrogen and oxygen atoms in total. The Kier molecular flexibility index (Phi) is 6.25. The van der Waals surface area contributed by atoms with Gasteiger partial charge in [-0.05, 0) is 38.3 Å². The van der Waals surface area contributed by atoms with E-state index < -0.39 is 10.0 Å². The summed E-state index contributed by atoms with van der Waals surface area (Å²) in [4.78, 5) is 2.41. The highest BCUT2D eigenvalue weighted by Crippen LogP contribution is 2.21. The lowest BCUT2D eigenvalue weighted by atomic mass is 10.3. The van der Waals surface area contributed by atoms with Crippen LogP contribution in [0.1, 0.15) is 13.8 Å². The minimum absolute atomic E-state index is 0.106. The van der Waals surface area contributed by atoms with Crippen LogP contribution in [-0.4, -0.2) is 46.5 Å². The largest absolute Gasteiger partial charge is 0.398 e. The molecule has 1 aromatic carbocycles. The van der Waals surface area contributed by atoms with E-state index in [1.807, 2.05) is 0 Å². The van der Waals surface area contributed by atoms with Crippen LogP contribution in [0, 0.1) is 0 Å². The summed E-state index contributed by atoms with van der Waals surface area (Å²) in [5.74, 6) is 0. The fourth-order valence-corrected chi connectivity index (χ4v) is 2.75. The van der Waals surface area contributed by atoms with Gasteiger partial charge in [0.15, 0.2) is 0 Å². The number of nitrogens with zero attached hydrogens (tertiary/aromatic N) is 1. The Hall–Kier alpha value is -1.31. The van der Waals surface area contributed by atoms with E-state index in [2.05, 4.69) is 28.8 Å². The van der Waals surface area contributed by atoms with Crippen molar-refractivity contribution < 1.29 is 8.42 Å². The standard InChI is InChI=1S/C13H24N4O2S/c1-4-17(5-2)9-8-16-11-6-7-13(12(14)10-11)20(18,19)15-3/h6-7,10,15-16H,4-5,8-9,14H2,1-3H3. The van der Waals surface area contributed by atoms with Gasteiger partial charge in [0.1, 0.15) is 4.90 Å². The predicted octanol–water partition coefficient (Wildman–Crippen LogP) is 0.931. The number of hydrogen-bond donors (Lipinski definition) is 3. The summed E-state index contributed by atoms with van der Waals surface area (Å²) >= 11 is 0. The van der Waals surface area contributed by atoms with Gasteiger partial charge in [-0.25, -0.2) is 13.1 Å². The molecule has 1 rings (SSSR count). The van der Waals surface area contributed by atoms with Crippen LogP contribution in [0.5, 0.6) is 0 Å². The second-order valence-electron chi connectivity index (χ2n) is 4.41. The first kappa shape index (κ1) is 16.7. The maximum Gasteiger partial charge on any atom is 0.242 e. The number of sulfonamides is 1. The lowest BCUT2D eigenvalue weighted by Gasteiger charge is -2.18. The average Bonchev–Trinajstić information content (AvgIpc) is 2.43. The van der Waals surface area contributed by atoms with Gasteiger partial charge in [0.25, 0.3) is 0 Å². The summed E-state index contributed by atoms with van der Waals surface area (Å²) < 4.78 is 25.6. The van der Waals surface area contributed by atoms with Gasteiger partial charge in [-0.1, -0.05) is 13.8 Å². The van der Waals surface area contributed by atoms with E-state index >= 15 is 0 Å². The zero-order valence-electron chi connectivity index (χ0n) is 12.3. The minimum atomic E-state index is -3.50. The molecular formula is C13H24N4O2S. The number of nitrogen functional groups attached to an aromatic ring is 1. The van der Waals surface area contributed by atoms with Gasteiger partial charge in [0.2, 0.25) is 10.0 Å². The fourth-order valence-electron chi connectivity index (χ4n) is 1.91. The van der Waals surface area contributed by atoms with Gasteiger partial charge in [-0.3, -0.25) is 0 Å². The van der Waals surface area contributed by atoms with Crippen molar-refractivity contribution in [3.63, 3.8) is 0 Å². The molecular weight excluding hydrogens is 276 g/mol. The van der Waals surface area contributed by atoms with Crippen LogP contribution >= 0.6 is 0 Å². The van der Waals surface area contributed by atoms with Crippen molar-refractivity contribution in [1.82, 2.24) is 9.62 Å². The van der Waals surface area contributed by atoms with Crippen molar-refractivity contribution in [1.29, 1.82) is 0 Å². The summed E-state index contributed by atoms with van der Waals surface area (Å²) in [5.41, 5.74) is 6.86. The van der Waals surface area contributed by atoms with Gasteiger partial charge in [0, 0.05) is 18.8 Å². The smallest absolute Gasteiger partial charge is 0.242 e. The van der Waals surface area contributed by atoms with Gasteiger partial charge < -0.3 is 16.0 Å². The van der Waals surface area contributed by atoms with Gasteiger partial charge in [-0.2, -0.15) is 0 Å². The second kappa shape index (κ2) is 7.47. The highest BCUT2D eigenvalue weighted by molar-refractivity contribution is 7.89. The third kappa shape index (κ3) is 4.36.